The van der Waals surface area contributed by atoms with E-state index in [1.165, 1.54) is 6.92 Å². The topological polar surface area (TPSA) is 90.9 Å². The molecule has 0 saturated carbocycles. The second kappa shape index (κ2) is 12.1. The summed E-state index contributed by atoms with van der Waals surface area (Å²) < 4.78 is 16.9. The van der Waals surface area contributed by atoms with Crippen molar-refractivity contribution in [3.8, 4) is 11.5 Å². The normalized spacial score (nSPS) is 19.7. The number of rotatable bonds is 8. The maximum Gasteiger partial charge on any atom is 0.337 e. The number of nitrogens with one attached hydrogen (secondary N) is 1. The van der Waals surface area contributed by atoms with Crippen molar-refractivity contribution >= 4 is 29.3 Å². The zero-order chi connectivity index (χ0) is 28.3. The quantitative estimate of drug-likeness (QED) is 0.301. The lowest BCUT2D eigenvalue weighted by atomic mass is 9.71. The van der Waals surface area contributed by atoms with Gasteiger partial charge in [0.1, 0.15) is 0 Å². The SMILES string of the molecule is CCOc1cc([C@@H]2C(C(=O)O[C@H](C)CC)=C(C)NC3=C2C(=O)C[C@H](c2ccc(Cl)cc2)C3)ccc1OC(C)=O. The summed E-state index contributed by atoms with van der Waals surface area (Å²) in [5, 5.41) is 4.01. The number of halogens is 1. The standard InChI is InChI=1S/C31H34ClNO6/c1-6-17(3)38-31(36)28-18(4)33-24-14-22(20-8-11-23(32)12-9-20)15-25(35)30(24)29(28)21-10-13-26(39-19(5)34)27(16-21)37-7-2/h8-13,16-17,22,29,33H,6-7,14-15H2,1-5H3/t17-,22-,29-/m1/s1. The molecule has 0 unspecified atom stereocenters. The molecule has 1 N–H and O–H groups in total. The molecule has 0 radical (unpaired) electrons. The molecule has 0 bridgehead atoms. The summed E-state index contributed by atoms with van der Waals surface area (Å²) >= 11 is 6.09. The lowest BCUT2D eigenvalue weighted by Gasteiger charge is -2.37. The fourth-order valence-electron chi connectivity index (χ4n) is 5.15. The molecule has 1 heterocycles. The molecular weight excluding hydrogens is 518 g/mol. The van der Waals surface area contributed by atoms with Gasteiger partial charge in [-0.05, 0) is 74.9 Å². The first-order valence-electron chi connectivity index (χ1n) is 13.3. The summed E-state index contributed by atoms with van der Waals surface area (Å²) in [5.74, 6) is -1.04. The minimum Gasteiger partial charge on any atom is -0.490 e. The van der Waals surface area contributed by atoms with Gasteiger partial charge in [0.2, 0.25) is 0 Å². The Bertz CT molecular complexity index is 1340. The van der Waals surface area contributed by atoms with Crippen LogP contribution in [0.1, 0.15) is 76.8 Å². The van der Waals surface area contributed by atoms with E-state index in [9.17, 15) is 14.4 Å². The van der Waals surface area contributed by atoms with Crippen molar-refractivity contribution in [1.29, 1.82) is 0 Å². The van der Waals surface area contributed by atoms with Gasteiger partial charge in [-0.15, -0.1) is 0 Å². The average molecular weight is 552 g/mol. The van der Waals surface area contributed by atoms with Crippen molar-refractivity contribution in [2.24, 2.45) is 0 Å². The first kappa shape index (κ1) is 28.4. The van der Waals surface area contributed by atoms with Crippen molar-refractivity contribution in [3.63, 3.8) is 0 Å². The van der Waals surface area contributed by atoms with Gasteiger partial charge in [-0.25, -0.2) is 4.79 Å². The molecule has 0 fully saturated rings. The second-order valence-electron chi connectivity index (χ2n) is 9.93. The Morgan fingerprint density at radius 3 is 2.38 bits per heavy atom. The molecule has 8 heteroatoms. The van der Waals surface area contributed by atoms with Crippen molar-refractivity contribution in [2.75, 3.05) is 6.61 Å². The number of hydrogen-bond acceptors (Lipinski definition) is 7. The van der Waals surface area contributed by atoms with E-state index >= 15 is 0 Å². The smallest absolute Gasteiger partial charge is 0.337 e. The lowest BCUT2D eigenvalue weighted by molar-refractivity contribution is -0.144. The van der Waals surface area contributed by atoms with E-state index in [-0.39, 0.29) is 23.6 Å². The number of hydrogen-bond donors (Lipinski definition) is 1. The summed E-state index contributed by atoms with van der Waals surface area (Å²) in [7, 11) is 0. The molecule has 1 aliphatic carbocycles. The number of carbonyl (C=O) groups excluding carboxylic acids is 3. The van der Waals surface area contributed by atoms with E-state index in [1.807, 2.05) is 52.0 Å². The Kier molecular flexibility index (Phi) is 8.80. The van der Waals surface area contributed by atoms with Crippen LogP contribution in [0.5, 0.6) is 11.5 Å². The van der Waals surface area contributed by atoms with Gasteiger partial charge in [0.15, 0.2) is 17.3 Å². The first-order chi connectivity index (χ1) is 18.6. The molecule has 2 aromatic carbocycles. The number of allylic oxidation sites excluding steroid dienone is 3. The summed E-state index contributed by atoms with van der Waals surface area (Å²) in [6, 6.07) is 12.7. The van der Waals surface area contributed by atoms with Crippen LogP contribution in [0.4, 0.5) is 0 Å². The van der Waals surface area contributed by atoms with Crippen LogP contribution in [-0.4, -0.2) is 30.4 Å². The maximum absolute atomic E-state index is 13.8. The summed E-state index contributed by atoms with van der Waals surface area (Å²) in [6.07, 6.45) is 1.29. The van der Waals surface area contributed by atoms with Crippen LogP contribution in [0.25, 0.3) is 0 Å². The molecule has 0 spiro atoms. The highest BCUT2D eigenvalue weighted by Gasteiger charge is 2.42. The highest BCUT2D eigenvalue weighted by molar-refractivity contribution is 6.30. The lowest BCUT2D eigenvalue weighted by Crippen LogP contribution is -2.36. The summed E-state index contributed by atoms with van der Waals surface area (Å²) in [4.78, 5) is 39.0. The Labute approximate surface area is 234 Å². The van der Waals surface area contributed by atoms with Crippen molar-refractivity contribution < 1.29 is 28.6 Å². The molecule has 3 atom stereocenters. The minimum atomic E-state index is -0.665. The Morgan fingerprint density at radius 2 is 1.74 bits per heavy atom. The van der Waals surface area contributed by atoms with Gasteiger partial charge in [0.25, 0.3) is 0 Å². The van der Waals surface area contributed by atoms with Crippen LogP contribution in [-0.2, 0) is 19.1 Å². The molecule has 2 aliphatic rings. The molecule has 0 saturated heterocycles. The average Bonchev–Trinajstić information content (AvgIpc) is 2.88. The third kappa shape index (κ3) is 6.19. The number of dihydropyridines is 1. The third-order valence-electron chi connectivity index (χ3n) is 7.13. The zero-order valence-electron chi connectivity index (χ0n) is 22.9. The largest absolute Gasteiger partial charge is 0.490 e. The van der Waals surface area contributed by atoms with Crippen LogP contribution in [0.3, 0.4) is 0 Å². The van der Waals surface area contributed by atoms with Gasteiger partial charge >= 0.3 is 11.9 Å². The van der Waals surface area contributed by atoms with E-state index in [2.05, 4.69) is 5.32 Å². The fraction of sp³-hybridized carbons (Fsp3) is 0.387. The van der Waals surface area contributed by atoms with Gasteiger partial charge in [-0.2, -0.15) is 0 Å². The molecule has 2 aromatic rings. The Morgan fingerprint density at radius 1 is 1.05 bits per heavy atom. The Hall–Kier alpha value is -3.58. The van der Waals surface area contributed by atoms with Crippen LogP contribution in [0, 0.1) is 0 Å². The second-order valence-corrected chi connectivity index (χ2v) is 10.4. The Balaban J connectivity index is 1.82. The van der Waals surface area contributed by atoms with Crippen LogP contribution < -0.4 is 14.8 Å². The van der Waals surface area contributed by atoms with Gasteiger partial charge in [0.05, 0.1) is 18.3 Å². The van der Waals surface area contributed by atoms with E-state index in [0.717, 1.165) is 11.3 Å². The molecular formula is C31H34ClNO6. The van der Waals surface area contributed by atoms with Crippen LogP contribution in [0.15, 0.2) is 65.0 Å². The van der Waals surface area contributed by atoms with Gasteiger partial charge in [-0.1, -0.05) is 36.7 Å². The van der Waals surface area contributed by atoms with Gasteiger partial charge < -0.3 is 19.5 Å². The molecule has 206 valence electrons. The molecule has 39 heavy (non-hydrogen) atoms. The van der Waals surface area contributed by atoms with Crippen LogP contribution in [0.2, 0.25) is 5.02 Å². The highest BCUT2D eigenvalue weighted by atomic mass is 35.5. The molecule has 7 nitrogen and oxygen atoms in total. The van der Waals surface area contributed by atoms with Crippen molar-refractivity contribution in [1.82, 2.24) is 5.32 Å². The van der Waals surface area contributed by atoms with E-state index in [4.69, 9.17) is 25.8 Å². The number of ether oxygens (including phenoxy) is 3. The number of benzene rings is 2. The molecule has 0 amide bonds. The summed E-state index contributed by atoms with van der Waals surface area (Å²) in [6.45, 7) is 9.11. The van der Waals surface area contributed by atoms with Crippen molar-refractivity contribution in [3.05, 3.63) is 81.2 Å². The number of Topliss-reactive ketones (excluding diaryl/α,β-unsaturated/α-hetero) is 1. The van der Waals surface area contributed by atoms with E-state index < -0.39 is 17.9 Å². The van der Waals surface area contributed by atoms with Gasteiger partial charge in [-0.3, -0.25) is 9.59 Å². The molecule has 0 aromatic heterocycles. The van der Waals surface area contributed by atoms with Crippen molar-refractivity contribution in [2.45, 2.75) is 71.8 Å². The maximum atomic E-state index is 13.8. The molecule has 1 aliphatic heterocycles. The summed E-state index contributed by atoms with van der Waals surface area (Å²) in [5.41, 5.74) is 4.07. The first-order valence-corrected chi connectivity index (χ1v) is 13.7. The number of carbonyl (C=O) groups is 3. The minimum absolute atomic E-state index is 0.0200. The zero-order valence-corrected chi connectivity index (χ0v) is 23.7. The van der Waals surface area contributed by atoms with E-state index in [1.54, 1.807) is 18.2 Å². The third-order valence-corrected chi connectivity index (χ3v) is 7.38. The van der Waals surface area contributed by atoms with E-state index in [0.29, 0.717) is 59.0 Å². The predicted molar refractivity (Wildman–Crippen MR) is 149 cm³/mol. The number of esters is 2. The van der Waals surface area contributed by atoms with Gasteiger partial charge in [0, 0.05) is 41.3 Å². The predicted octanol–water partition coefficient (Wildman–Crippen LogP) is 6.37. The fourth-order valence-corrected chi connectivity index (χ4v) is 5.28. The highest BCUT2D eigenvalue weighted by Crippen LogP contribution is 2.47. The monoisotopic (exact) mass is 551 g/mol. The number of ketones is 1. The van der Waals surface area contributed by atoms with Crippen LogP contribution >= 0.6 is 11.6 Å². The molecule has 4 rings (SSSR count).